The van der Waals surface area contributed by atoms with Gasteiger partial charge in [0, 0.05) is 29.5 Å². The van der Waals surface area contributed by atoms with E-state index in [4.69, 9.17) is 4.74 Å². The standard InChI is InChI=1S/C20H26F3N3O2/c1-18(2,20(4,22)23)11-15(27)24-17-25-16-13(21)9-12(28-5)10-14(16)26(17)19(3)7-6-8-19/h9-10H,6-8,11H2,1-5H3,(H,24,25,27). The highest BCUT2D eigenvalue weighted by atomic mass is 19.3. The predicted molar refractivity (Wildman–Crippen MR) is 101 cm³/mol. The van der Waals surface area contributed by atoms with Crippen LogP contribution in [0, 0.1) is 11.2 Å². The van der Waals surface area contributed by atoms with E-state index in [1.807, 2.05) is 6.92 Å². The molecule has 28 heavy (non-hydrogen) atoms. The van der Waals surface area contributed by atoms with E-state index in [-0.39, 0.29) is 23.4 Å². The van der Waals surface area contributed by atoms with Crippen LogP contribution in [0.3, 0.4) is 0 Å². The molecule has 0 unspecified atom stereocenters. The summed E-state index contributed by atoms with van der Waals surface area (Å²) in [7, 11) is 1.45. The quantitative estimate of drug-likeness (QED) is 0.738. The Morgan fingerprint density at radius 1 is 1.32 bits per heavy atom. The van der Waals surface area contributed by atoms with Gasteiger partial charge < -0.3 is 9.30 Å². The van der Waals surface area contributed by atoms with E-state index in [1.54, 1.807) is 10.6 Å². The zero-order chi connectivity index (χ0) is 20.9. The number of carbonyl (C=O) groups is 1. The van der Waals surface area contributed by atoms with Crippen molar-refractivity contribution in [2.24, 2.45) is 5.41 Å². The summed E-state index contributed by atoms with van der Waals surface area (Å²) in [6, 6.07) is 2.91. The van der Waals surface area contributed by atoms with E-state index in [0.717, 1.165) is 26.2 Å². The Morgan fingerprint density at radius 2 is 1.96 bits per heavy atom. The summed E-state index contributed by atoms with van der Waals surface area (Å²) in [4.78, 5) is 16.8. The molecule has 1 heterocycles. The maximum absolute atomic E-state index is 14.5. The zero-order valence-corrected chi connectivity index (χ0v) is 16.8. The third-order valence-corrected chi connectivity index (χ3v) is 5.94. The molecular weight excluding hydrogens is 371 g/mol. The van der Waals surface area contributed by atoms with Gasteiger partial charge >= 0.3 is 0 Å². The number of halogens is 3. The van der Waals surface area contributed by atoms with Crippen LogP contribution < -0.4 is 10.1 Å². The fourth-order valence-electron chi connectivity index (χ4n) is 3.50. The lowest BCUT2D eigenvalue weighted by Gasteiger charge is -2.41. The number of carbonyl (C=O) groups excluding carboxylic acids is 1. The second-order valence-electron chi connectivity index (χ2n) is 8.60. The van der Waals surface area contributed by atoms with Crippen molar-refractivity contribution in [1.29, 1.82) is 0 Å². The van der Waals surface area contributed by atoms with E-state index in [2.05, 4.69) is 10.3 Å². The molecular formula is C20H26F3N3O2. The summed E-state index contributed by atoms with van der Waals surface area (Å²) in [5, 5.41) is 2.64. The molecule has 0 aliphatic heterocycles. The molecule has 1 saturated carbocycles. The highest BCUT2D eigenvalue weighted by Gasteiger charge is 2.44. The van der Waals surface area contributed by atoms with Crippen LogP contribution in [-0.2, 0) is 10.3 Å². The molecule has 0 bridgehead atoms. The molecule has 0 saturated heterocycles. The van der Waals surface area contributed by atoms with Crippen LogP contribution in [0.1, 0.15) is 53.4 Å². The zero-order valence-electron chi connectivity index (χ0n) is 16.8. The molecule has 0 radical (unpaired) electrons. The summed E-state index contributed by atoms with van der Waals surface area (Å²) in [6.45, 7) is 5.49. The molecule has 1 N–H and O–H groups in total. The van der Waals surface area contributed by atoms with Crippen LogP contribution in [0.4, 0.5) is 19.1 Å². The van der Waals surface area contributed by atoms with Crippen molar-refractivity contribution >= 4 is 22.9 Å². The van der Waals surface area contributed by atoms with Crippen LogP contribution >= 0.6 is 0 Å². The second kappa shape index (κ2) is 6.67. The first-order valence-electron chi connectivity index (χ1n) is 9.32. The minimum atomic E-state index is -3.02. The molecule has 154 valence electrons. The average Bonchev–Trinajstić information content (AvgIpc) is 2.89. The Morgan fingerprint density at radius 3 is 2.46 bits per heavy atom. The number of methoxy groups -OCH3 is 1. The van der Waals surface area contributed by atoms with Crippen molar-refractivity contribution in [3.63, 3.8) is 0 Å². The number of ether oxygens (including phenoxy) is 1. The van der Waals surface area contributed by atoms with E-state index in [1.165, 1.54) is 27.0 Å². The number of rotatable bonds is 6. The molecule has 1 aromatic carbocycles. The van der Waals surface area contributed by atoms with Crippen LogP contribution in [0.2, 0.25) is 0 Å². The highest BCUT2D eigenvalue weighted by Crippen LogP contribution is 2.44. The lowest BCUT2D eigenvalue weighted by molar-refractivity contribution is -0.129. The van der Waals surface area contributed by atoms with Gasteiger partial charge in [0.1, 0.15) is 11.3 Å². The Labute approximate surface area is 162 Å². The van der Waals surface area contributed by atoms with Gasteiger partial charge in [0.15, 0.2) is 5.82 Å². The first-order valence-corrected chi connectivity index (χ1v) is 9.32. The molecule has 1 aliphatic carbocycles. The van der Waals surface area contributed by atoms with Crippen molar-refractivity contribution in [2.45, 2.75) is 64.8 Å². The summed E-state index contributed by atoms with van der Waals surface area (Å²) in [5.74, 6) is -3.65. The summed E-state index contributed by atoms with van der Waals surface area (Å²) in [6.07, 6.45) is 2.31. The molecule has 2 aromatic rings. The molecule has 3 rings (SSSR count). The van der Waals surface area contributed by atoms with Gasteiger partial charge in [-0.15, -0.1) is 0 Å². The van der Waals surface area contributed by atoms with Crippen molar-refractivity contribution in [3.8, 4) is 5.75 Å². The largest absolute Gasteiger partial charge is 0.497 e. The monoisotopic (exact) mass is 397 g/mol. The normalized spacial score (nSPS) is 16.7. The smallest absolute Gasteiger partial charge is 0.250 e. The number of aromatic nitrogens is 2. The maximum Gasteiger partial charge on any atom is 0.250 e. The van der Waals surface area contributed by atoms with Gasteiger partial charge in [0.2, 0.25) is 11.9 Å². The number of alkyl halides is 2. The Hall–Kier alpha value is -2.25. The van der Waals surface area contributed by atoms with E-state index >= 15 is 0 Å². The van der Waals surface area contributed by atoms with Crippen molar-refractivity contribution in [1.82, 2.24) is 9.55 Å². The SMILES string of the molecule is COc1cc(F)c2nc(NC(=O)CC(C)(C)C(C)(F)F)n(C3(C)CCC3)c2c1. The van der Waals surface area contributed by atoms with Crippen LogP contribution in [0.15, 0.2) is 12.1 Å². The number of nitrogens with one attached hydrogen (secondary N) is 1. The van der Waals surface area contributed by atoms with E-state index < -0.39 is 23.1 Å². The van der Waals surface area contributed by atoms with Crippen LogP contribution in [-0.4, -0.2) is 28.5 Å². The lowest BCUT2D eigenvalue weighted by Crippen LogP contribution is -2.40. The van der Waals surface area contributed by atoms with Gasteiger partial charge in [-0.25, -0.2) is 18.2 Å². The fourth-order valence-corrected chi connectivity index (χ4v) is 3.50. The van der Waals surface area contributed by atoms with Gasteiger partial charge in [-0.1, -0.05) is 13.8 Å². The molecule has 0 spiro atoms. The van der Waals surface area contributed by atoms with E-state index in [9.17, 15) is 18.0 Å². The Balaban J connectivity index is 2.02. The number of amides is 1. The molecule has 8 heteroatoms. The molecule has 1 fully saturated rings. The number of hydrogen-bond donors (Lipinski definition) is 1. The summed E-state index contributed by atoms with van der Waals surface area (Å²) in [5.41, 5.74) is -1.23. The predicted octanol–water partition coefficient (Wildman–Crippen LogP) is 5.09. The minimum Gasteiger partial charge on any atom is -0.497 e. The van der Waals surface area contributed by atoms with Crippen LogP contribution in [0.25, 0.3) is 11.0 Å². The van der Waals surface area contributed by atoms with Gasteiger partial charge in [-0.05, 0) is 33.1 Å². The van der Waals surface area contributed by atoms with Gasteiger partial charge in [0.05, 0.1) is 12.6 Å². The molecule has 1 aromatic heterocycles. The highest BCUT2D eigenvalue weighted by molar-refractivity contribution is 5.92. The minimum absolute atomic E-state index is 0.115. The molecule has 5 nitrogen and oxygen atoms in total. The van der Waals surface area contributed by atoms with E-state index in [0.29, 0.717) is 11.3 Å². The van der Waals surface area contributed by atoms with Gasteiger partial charge in [-0.3, -0.25) is 10.1 Å². The Bertz CT molecular complexity index is 912. The van der Waals surface area contributed by atoms with Crippen molar-refractivity contribution < 1.29 is 22.7 Å². The van der Waals surface area contributed by atoms with Gasteiger partial charge in [-0.2, -0.15) is 0 Å². The topological polar surface area (TPSA) is 56.1 Å². The van der Waals surface area contributed by atoms with Crippen molar-refractivity contribution in [3.05, 3.63) is 17.9 Å². The molecule has 0 atom stereocenters. The second-order valence-corrected chi connectivity index (χ2v) is 8.60. The summed E-state index contributed by atoms with van der Waals surface area (Å²) < 4.78 is 49.0. The van der Waals surface area contributed by atoms with Gasteiger partial charge in [0.25, 0.3) is 5.92 Å². The number of benzene rings is 1. The summed E-state index contributed by atoms with van der Waals surface area (Å²) >= 11 is 0. The number of nitrogens with zero attached hydrogens (tertiary/aromatic N) is 2. The third kappa shape index (κ3) is 3.44. The van der Waals surface area contributed by atoms with Crippen molar-refractivity contribution in [2.75, 3.05) is 12.4 Å². The first kappa shape index (κ1) is 20.5. The molecule has 1 aliphatic rings. The number of imidazole rings is 1. The maximum atomic E-state index is 14.5. The number of fused-ring (bicyclic) bond motifs is 1. The lowest BCUT2D eigenvalue weighted by atomic mass is 9.78. The fraction of sp³-hybridized carbons (Fsp3) is 0.600. The molecule has 1 amide bonds. The van der Waals surface area contributed by atoms with Crippen LogP contribution in [0.5, 0.6) is 5.75 Å². The Kier molecular flexibility index (Phi) is 4.88. The average molecular weight is 397 g/mol. The first-order chi connectivity index (χ1) is 12.9. The number of hydrogen-bond acceptors (Lipinski definition) is 3. The number of anilines is 1. The third-order valence-electron chi connectivity index (χ3n) is 5.94.